The lowest BCUT2D eigenvalue weighted by atomic mass is 10.1. The summed E-state index contributed by atoms with van der Waals surface area (Å²) in [6, 6.07) is 20.0. The van der Waals surface area contributed by atoms with Crippen molar-refractivity contribution < 1.29 is 13.6 Å². The van der Waals surface area contributed by atoms with Gasteiger partial charge in [-0.15, -0.1) is 0 Å². The zero-order chi connectivity index (χ0) is 20.8. The third-order valence-corrected chi connectivity index (χ3v) is 4.92. The monoisotopic (exact) mass is 394 g/mol. The quantitative estimate of drug-likeness (QED) is 0.562. The maximum Gasteiger partial charge on any atom is 0.287 e. The van der Waals surface area contributed by atoms with Gasteiger partial charge in [0.05, 0.1) is 12.6 Å². The van der Waals surface area contributed by atoms with E-state index in [1.165, 1.54) is 12.1 Å². The summed E-state index contributed by atoms with van der Waals surface area (Å²) >= 11 is 0. The van der Waals surface area contributed by atoms with Gasteiger partial charge in [-0.3, -0.25) is 9.69 Å². The molecule has 1 atom stereocenters. The molecule has 0 bridgehead atoms. The zero-order valence-electron chi connectivity index (χ0n) is 17.1. The van der Waals surface area contributed by atoms with Crippen molar-refractivity contribution in [1.82, 2.24) is 10.2 Å². The lowest BCUT2D eigenvalue weighted by Gasteiger charge is -2.25. The van der Waals surface area contributed by atoms with Crippen LogP contribution in [0.2, 0.25) is 0 Å². The highest BCUT2D eigenvalue weighted by Crippen LogP contribution is 2.17. The third kappa shape index (κ3) is 5.78. The topological polar surface area (TPSA) is 45.5 Å². The van der Waals surface area contributed by atoms with E-state index in [0.29, 0.717) is 18.8 Å². The molecule has 5 heteroatoms. The molecular weight excluding hydrogens is 367 g/mol. The van der Waals surface area contributed by atoms with Crippen molar-refractivity contribution in [1.29, 1.82) is 0 Å². The van der Waals surface area contributed by atoms with Crippen LogP contribution >= 0.6 is 0 Å². The van der Waals surface area contributed by atoms with Gasteiger partial charge < -0.3 is 9.73 Å². The first-order chi connectivity index (χ1) is 13.9. The molecule has 1 unspecified atom stereocenters. The van der Waals surface area contributed by atoms with Crippen LogP contribution in [0, 0.1) is 5.82 Å². The van der Waals surface area contributed by atoms with Gasteiger partial charge in [-0.1, -0.05) is 42.5 Å². The molecule has 2 aromatic carbocycles. The Bertz CT molecular complexity index is 920. The van der Waals surface area contributed by atoms with Gasteiger partial charge in [0.15, 0.2) is 5.76 Å². The highest BCUT2D eigenvalue weighted by molar-refractivity contribution is 5.91. The molecule has 3 rings (SSSR count). The molecule has 0 saturated carbocycles. The van der Waals surface area contributed by atoms with E-state index >= 15 is 0 Å². The van der Waals surface area contributed by atoms with E-state index in [1.54, 1.807) is 18.2 Å². The van der Waals surface area contributed by atoms with Gasteiger partial charge in [-0.25, -0.2) is 4.39 Å². The summed E-state index contributed by atoms with van der Waals surface area (Å²) < 4.78 is 18.9. The molecule has 152 valence electrons. The van der Waals surface area contributed by atoms with Crippen molar-refractivity contribution in [3.05, 3.63) is 95.2 Å². The Labute approximate surface area is 171 Å². The highest BCUT2D eigenvalue weighted by Gasteiger charge is 2.17. The van der Waals surface area contributed by atoms with Gasteiger partial charge in [-0.05, 0) is 56.2 Å². The van der Waals surface area contributed by atoms with Crippen molar-refractivity contribution in [3.8, 4) is 0 Å². The predicted octanol–water partition coefficient (Wildman–Crippen LogP) is 5.32. The number of furan rings is 1. The molecule has 0 aliphatic rings. The zero-order valence-corrected chi connectivity index (χ0v) is 17.1. The molecular formula is C24H27FN2O2. The number of carbonyl (C=O) groups excluding carboxylic acids is 1. The number of rotatable bonds is 8. The number of carbonyl (C=O) groups is 1. The van der Waals surface area contributed by atoms with Gasteiger partial charge >= 0.3 is 0 Å². The molecule has 3 aromatic rings. The summed E-state index contributed by atoms with van der Waals surface area (Å²) in [7, 11) is 0. The third-order valence-electron chi connectivity index (χ3n) is 4.92. The molecule has 4 nitrogen and oxygen atoms in total. The van der Waals surface area contributed by atoms with Crippen molar-refractivity contribution in [2.45, 2.75) is 45.9 Å². The minimum absolute atomic E-state index is 0.108. The number of nitrogens with one attached hydrogen (secondary N) is 1. The second kappa shape index (κ2) is 9.52. The Morgan fingerprint density at radius 3 is 2.31 bits per heavy atom. The summed E-state index contributed by atoms with van der Waals surface area (Å²) in [4.78, 5) is 14.7. The highest BCUT2D eigenvalue weighted by atomic mass is 19.1. The van der Waals surface area contributed by atoms with Crippen molar-refractivity contribution in [2.24, 2.45) is 0 Å². The summed E-state index contributed by atoms with van der Waals surface area (Å²) in [6.07, 6.45) is 0. The van der Waals surface area contributed by atoms with Crippen LogP contribution in [-0.4, -0.2) is 16.8 Å². The smallest absolute Gasteiger partial charge is 0.287 e. The molecule has 1 heterocycles. The molecule has 1 amide bonds. The first-order valence-corrected chi connectivity index (χ1v) is 9.85. The van der Waals surface area contributed by atoms with Crippen LogP contribution in [0.5, 0.6) is 0 Å². The first kappa shape index (κ1) is 20.8. The van der Waals surface area contributed by atoms with Crippen LogP contribution in [0.1, 0.15) is 54.3 Å². The second-order valence-corrected chi connectivity index (χ2v) is 7.50. The fourth-order valence-electron chi connectivity index (χ4n) is 3.12. The van der Waals surface area contributed by atoms with E-state index in [4.69, 9.17) is 4.42 Å². The molecule has 29 heavy (non-hydrogen) atoms. The van der Waals surface area contributed by atoms with E-state index in [-0.39, 0.29) is 23.8 Å². The molecule has 0 aliphatic heterocycles. The van der Waals surface area contributed by atoms with E-state index in [1.807, 2.05) is 43.3 Å². The Hall–Kier alpha value is -2.92. The first-order valence-electron chi connectivity index (χ1n) is 9.85. The summed E-state index contributed by atoms with van der Waals surface area (Å²) in [5, 5.41) is 2.97. The molecule has 0 radical (unpaired) electrons. The van der Waals surface area contributed by atoms with E-state index in [0.717, 1.165) is 16.9 Å². The lowest BCUT2D eigenvalue weighted by molar-refractivity contribution is 0.0906. The second-order valence-electron chi connectivity index (χ2n) is 7.50. The summed E-state index contributed by atoms with van der Waals surface area (Å²) in [6.45, 7) is 7.38. The number of amides is 1. The lowest BCUT2D eigenvalue weighted by Crippen LogP contribution is -2.29. The number of nitrogens with zero attached hydrogens (tertiary/aromatic N) is 1. The van der Waals surface area contributed by atoms with Gasteiger partial charge in [0.2, 0.25) is 0 Å². The number of halogens is 1. The van der Waals surface area contributed by atoms with Crippen molar-refractivity contribution >= 4 is 5.91 Å². The van der Waals surface area contributed by atoms with E-state index in [2.05, 4.69) is 24.1 Å². The standard InChI is InChI=1S/C24H27FN2O2/c1-17(2)27(15-19-9-11-21(25)12-10-19)16-22-13-14-23(29-22)24(28)26-18(3)20-7-5-4-6-8-20/h4-14,17-18H,15-16H2,1-3H3,(H,26,28). The van der Waals surface area contributed by atoms with Gasteiger partial charge in [0, 0.05) is 12.6 Å². The average Bonchev–Trinajstić information content (AvgIpc) is 3.18. The molecule has 1 aromatic heterocycles. The Morgan fingerprint density at radius 2 is 1.66 bits per heavy atom. The number of hydrogen-bond acceptors (Lipinski definition) is 3. The normalized spacial score (nSPS) is 12.3. The predicted molar refractivity (Wildman–Crippen MR) is 112 cm³/mol. The molecule has 0 aliphatic carbocycles. The van der Waals surface area contributed by atoms with Crippen LogP contribution in [0.3, 0.4) is 0 Å². The van der Waals surface area contributed by atoms with Crippen LogP contribution in [0.4, 0.5) is 4.39 Å². The Morgan fingerprint density at radius 1 is 0.966 bits per heavy atom. The van der Waals surface area contributed by atoms with Crippen molar-refractivity contribution in [3.63, 3.8) is 0 Å². The summed E-state index contributed by atoms with van der Waals surface area (Å²) in [5.41, 5.74) is 2.07. The molecule has 0 spiro atoms. The molecule has 0 saturated heterocycles. The minimum Gasteiger partial charge on any atom is -0.455 e. The SMILES string of the molecule is CC(NC(=O)c1ccc(CN(Cc2ccc(F)cc2)C(C)C)o1)c1ccccc1. The van der Waals surface area contributed by atoms with Gasteiger partial charge in [0.1, 0.15) is 11.6 Å². The maximum atomic E-state index is 13.1. The van der Waals surface area contributed by atoms with Crippen LogP contribution in [0.25, 0.3) is 0 Å². The Kier molecular flexibility index (Phi) is 6.83. The molecule has 1 N–H and O–H groups in total. The van der Waals surface area contributed by atoms with Crippen LogP contribution in [-0.2, 0) is 13.1 Å². The fraction of sp³-hybridized carbons (Fsp3) is 0.292. The van der Waals surface area contributed by atoms with Crippen LogP contribution < -0.4 is 5.32 Å². The van der Waals surface area contributed by atoms with Gasteiger partial charge in [0.25, 0.3) is 5.91 Å². The van der Waals surface area contributed by atoms with Crippen molar-refractivity contribution in [2.75, 3.05) is 0 Å². The van der Waals surface area contributed by atoms with E-state index in [9.17, 15) is 9.18 Å². The summed E-state index contributed by atoms with van der Waals surface area (Å²) in [5.74, 6) is 0.546. The number of benzene rings is 2. The van der Waals surface area contributed by atoms with Crippen LogP contribution in [0.15, 0.2) is 71.1 Å². The largest absolute Gasteiger partial charge is 0.455 e. The minimum atomic E-state index is -0.240. The Balaban J connectivity index is 1.63. The maximum absolute atomic E-state index is 13.1. The van der Waals surface area contributed by atoms with Gasteiger partial charge in [-0.2, -0.15) is 0 Å². The number of hydrogen-bond donors (Lipinski definition) is 1. The average molecular weight is 394 g/mol. The van der Waals surface area contributed by atoms with E-state index < -0.39 is 0 Å². The fourth-order valence-corrected chi connectivity index (χ4v) is 3.12. The molecule has 0 fully saturated rings.